The number of rotatable bonds is 6. The van der Waals surface area contributed by atoms with Crippen LogP contribution in [0.4, 0.5) is 4.79 Å². The van der Waals surface area contributed by atoms with Gasteiger partial charge in [0.1, 0.15) is 5.60 Å². The molecule has 0 aromatic heterocycles. The minimum atomic E-state index is -0.545. The average molecular weight is 334 g/mol. The average Bonchev–Trinajstić information content (AvgIpc) is 2.48. The third-order valence-corrected chi connectivity index (χ3v) is 3.01. The van der Waals surface area contributed by atoms with E-state index in [0.717, 1.165) is 5.56 Å². The van der Waals surface area contributed by atoms with E-state index < -0.39 is 11.7 Å². The first kappa shape index (κ1) is 19.8. The van der Waals surface area contributed by atoms with E-state index in [1.165, 1.54) is 0 Å². The SMILES string of the molecule is CC(C)CN=C(N)NCC(NC(=O)OC(C)(C)C)c1ccccc1. The smallest absolute Gasteiger partial charge is 0.408 e. The molecule has 1 unspecified atom stereocenters. The van der Waals surface area contributed by atoms with Gasteiger partial charge in [-0.2, -0.15) is 0 Å². The maximum absolute atomic E-state index is 12.1. The van der Waals surface area contributed by atoms with Crippen LogP contribution >= 0.6 is 0 Å². The normalized spacial score (nSPS) is 13.5. The van der Waals surface area contributed by atoms with Gasteiger partial charge >= 0.3 is 6.09 Å². The summed E-state index contributed by atoms with van der Waals surface area (Å²) in [6, 6.07) is 9.41. The number of alkyl carbamates (subject to hydrolysis) is 1. The van der Waals surface area contributed by atoms with Gasteiger partial charge in [0, 0.05) is 13.1 Å². The van der Waals surface area contributed by atoms with Crippen LogP contribution in [-0.2, 0) is 4.74 Å². The van der Waals surface area contributed by atoms with Crippen LogP contribution in [0.3, 0.4) is 0 Å². The molecule has 0 heterocycles. The molecule has 0 fully saturated rings. The molecule has 4 N–H and O–H groups in total. The fourth-order valence-corrected chi connectivity index (χ4v) is 1.93. The van der Waals surface area contributed by atoms with E-state index in [2.05, 4.69) is 29.5 Å². The molecule has 1 atom stereocenters. The van der Waals surface area contributed by atoms with Gasteiger partial charge in [0.15, 0.2) is 5.96 Å². The molecule has 0 saturated carbocycles. The highest BCUT2D eigenvalue weighted by molar-refractivity contribution is 5.78. The van der Waals surface area contributed by atoms with E-state index in [1.807, 2.05) is 51.1 Å². The van der Waals surface area contributed by atoms with Crippen molar-refractivity contribution in [1.29, 1.82) is 0 Å². The number of hydrogen-bond donors (Lipinski definition) is 3. The molecule has 24 heavy (non-hydrogen) atoms. The number of carbonyl (C=O) groups is 1. The molecule has 0 aliphatic heterocycles. The molecule has 0 spiro atoms. The Morgan fingerprint density at radius 3 is 2.42 bits per heavy atom. The van der Waals surface area contributed by atoms with Gasteiger partial charge in [0.2, 0.25) is 0 Å². The van der Waals surface area contributed by atoms with Gasteiger partial charge in [-0.1, -0.05) is 44.2 Å². The lowest BCUT2D eigenvalue weighted by Crippen LogP contribution is -2.42. The van der Waals surface area contributed by atoms with Crippen LogP contribution in [0.25, 0.3) is 0 Å². The van der Waals surface area contributed by atoms with E-state index in [1.54, 1.807) is 0 Å². The fourth-order valence-electron chi connectivity index (χ4n) is 1.93. The van der Waals surface area contributed by atoms with Crippen LogP contribution in [-0.4, -0.2) is 30.7 Å². The van der Waals surface area contributed by atoms with Gasteiger partial charge in [-0.3, -0.25) is 4.99 Å². The molecular weight excluding hydrogens is 304 g/mol. The fraction of sp³-hybridized carbons (Fsp3) is 0.556. The second-order valence-corrected chi connectivity index (χ2v) is 7.11. The third-order valence-electron chi connectivity index (χ3n) is 3.01. The van der Waals surface area contributed by atoms with Crippen molar-refractivity contribution in [3.05, 3.63) is 35.9 Å². The number of ether oxygens (including phenoxy) is 1. The Morgan fingerprint density at radius 2 is 1.88 bits per heavy atom. The number of aliphatic imine (C=N–C) groups is 1. The molecular formula is C18H30N4O2. The Balaban J connectivity index is 2.73. The predicted molar refractivity (Wildman–Crippen MR) is 97.9 cm³/mol. The van der Waals surface area contributed by atoms with Crippen LogP contribution in [0.1, 0.15) is 46.2 Å². The highest BCUT2D eigenvalue weighted by atomic mass is 16.6. The molecule has 6 nitrogen and oxygen atoms in total. The Bertz CT molecular complexity index is 536. The van der Waals surface area contributed by atoms with Crippen LogP contribution < -0.4 is 16.4 Å². The van der Waals surface area contributed by atoms with Crippen molar-refractivity contribution < 1.29 is 9.53 Å². The molecule has 0 aliphatic rings. The largest absolute Gasteiger partial charge is 0.444 e. The van der Waals surface area contributed by atoms with E-state index in [-0.39, 0.29) is 6.04 Å². The van der Waals surface area contributed by atoms with E-state index in [0.29, 0.717) is 25.0 Å². The first-order valence-corrected chi connectivity index (χ1v) is 8.25. The maximum atomic E-state index is 12.1. The van der Waals surface area contributed by atoms with Gasteiger partial charge in [-0.15, -0.1) is 0 Å². The molecule has 1 aromatic carbocycles. The summed E-state index contributed by atoms with van der Waals surface area (Å²) in [6.45, 7) is 10.7. The van der Waals surface area contributed by atoms with Crippen LogP contribution in [0.15, 0.2) is 35.3 Å². The summed E-state index contributed by atoms with van der Waals surface area (Å²) in [4.78, 5) is 16.3. The zero-order chi connectivity index (χ0) is 18.2. The van der Waals surface area contributed by atoms with Gasteiger partial charge in [0.25, 0.3) is 0 Å². The first-order valence-electron chi connectivity index (χ1n) is 8.25. The first-order chi connectivity index (χ1) is 11.2. The summed E-state index contributed by atoms with van der Waals surface area (Å²) in [5.41, 5.74) is 6.30. The minimum Gasteiger partial charge on any atom is -0.444 e. The van der Waals surface area contributed by atoms with Crippen LogP contribution in [0, 0.1) is 5.92 Å². The van der Waals surface area contributed by atoms with Gasteiger partial charge in [-0.25, -0.2) is 4.79 Å². The molecule has 134 valence electrons. The van der Waals surface area contributed by atoms with E-state index in [9.17, 15) is 4.79 Å². The summed E-state index contributed by atoms with van der Waals surface area (Å²) >= 11 is 0. The molecule has 0 aliphatic carbocycles. The third kappa shape index (κ3) is 8.41. The zero-order valence-corrected chi connectivity index (χ0v) is 15.3. The number of amides is 1. The number of hydrogen-bond acceptors (Lipinski definition) is 3. The highest BCUT2D eigenvalue weighted by Crippen LogP contribution is 2.14. The predicted octanol–water partition coefficient (Wildman–Crippen LogP) is 2.81. The lowest BCUT2D eigenvalue weighted by atomic mass is 10.1. The lowest BCUT2D eigenvalue weighted by molar-refractivity contribution is 0.0504. The number of nitrogens with zero attached hydrogens (tertiary/aromatic N) is 1. The molecule has 1 rings (SSSR count). The summed E-state index contributed by atoms with van der Waals surface area (Å²) in [5, 5.41) is 5.94. The van der Waals surface area contributed by atoms with Crippen molar-refractivity contribution in [2.75, 3.05) is 13.1 Å². The second-order valence-electron chi connectivity index (χ2n) is 7.11. The second kappa shape index (κ2) is 9.15. The molecule has 0 saturated heterocycles. The number of carbonyl (C=O) groups excluding carboxylic acids is 1. The van der Waals surface area contributed by atoms with Crippen molar-refractivity contribution in [3.63, 3.8) is 0 Å². The van der Waals surface area contributed by atoms with E-state index >= 15 is 0 Å². The van der Waals surface area contributed by atoms with Crippen molar-refractivity contribution in [2.24, 2.45) is 16.6 Å². The monoisotopic (exact) mass is 334 g/mol. The van der Waals surface area contributed by atoms with Gasteiger partial charge in [-0.05, 0) is 32.3 Å². The van der Waals surface area contributed by atoms with Crippen molar-refractivity contribution in [3.8, 4) is 0 Å². The summed E-state index contributed by atoms with van der Waals surface area (Å²) in [6.07, 6.45) is -0.462. The number of nitrogens with one attached hydrogen (secondary N) is 2. The van der Waals surface area contributed by atoms with E-state index in [4.69, 9.17) is 10.5 Å². The number of benzene rings is 1. The van der Waals surface area contributed by atoms with Crippen molar-refractivity contribution in [2.45, 2.75) is 46.3 Å². The Kier molecular flexibility index (Phi) is 7.55. The Morgan fingerprint density at radius 1 is 1.25 bits per heavy atom. The van der Waals surface area contributed by atoms with Crippen LogP contribution in [0.5, 0.6) is 0 Å². The van der Waals surface area contributed by atoms with Gasteiger partial charge < -0.3 is 21.1 Å². The standard InChI is InChI=1S/C18H30N4O2/c1-13(2)11-20-16(19)21-12-15(14-9-7-6-8-10-14)22-17(23)24-18(3,4)5/h6-10,13,15H,11-12H2,1-5H3,(H,22,23)(H3,19,20,21). The highest BCUT2D eigenvalue weighted by Gasteiger charge is 2.20. The number of nitrogens with two attached hydrogens (primary N) is 1. The minimum absolute atomic E-state index is 0.270. The summed E-state index contributed by atoms with van der Waals surface area (Å²) in [5.74, 6) is 0.811. The quantitative estimate of drug-likeness (QED) is 0.551. The zero-order valence-electron chi connectivity index (χ0n) is 15.3. The molecule has 1 amide bonds. The molecule has 6 heteroatoms. The maximum Gasteiger partial charge on any atom is 0.408 e. The molecule has 0 bridgehead atoms. The Hall–Kier alpha value is -2.24. The van der Waals surface area contributed by atoms with Crippen molar-refractivity contribution in [1.82, 2.24) is 10.6 Å². The van der Waals surface area contributed by atoms with Gasteiger partial charge in [0.05, 0.1) is 6.04 Å². The Labute approximate surface area is 144 Å². The van der Waals surface area contributed by atoms with Crippen molar-refractivity contribution >= 4 is 12.1 Å². The lowest BCUT2D eigenvalue weighted by Gasteiger charge is -2.24. The molecule has 0 radical (unpaired) electrons. The summed E-state index contributed by atoms with van der Waals surface area (Å²) < 4.78 is 5.34. The molecule has 1 aromatic rings. The summed E-state index contributed by atoms with van der Waals surface area (Å²) in [7, 11) is 0. The number of guanidine groups is 1. The van der Waals surface area contributed by atoms with Crippen LogP contribution in [0.2, 0.25) is 0 Å². The topological polar surface area (TPSA) is 88.7 Å².